The van der Waals surface area contributed by atoms with E-state index in [1.807, 2.05) is 25.1 Å². The van der Waals surface area contributed by atoms with Crippen molar-refractivity contribution in [2.45, 2.75) is 26.6 Å². The highest BCUT2D eigenvalue weighted by molar-refractivity contribution is 7.17. The van der Waals surface area contributed by atoms with Crippen LogP contribution >= 0.6 is 11.3 Å². The second-order valence-corrected chi connectivity index (χ2v) is 6.16. The second kappa shape index (κ2) is 5.88. The lowest BCUT2D eigenvalue weighted by Gasteiger charge is -2.11. The molecule has 0 aliphatic carbocycles. The SMILES string of the molecule is Cc1cc([C@H](C)O)ccc1OCc1csc2ccccc12. The molecule has 3 rings (SSSR count). The van der Waals surface area contributed by atoms with Gasteiger partial charge in [0.15, 0.2) is 0 Å². The summed E-state index contributed by atoms with van der Waals surface area (Å²) in [4.78, 5) is 0. The number of aliphatic hydroxyl groups is 1. The summed E-state index contributed by atoms with van der Waals surface area (Å²) in [5.74, 6) is 0.870. The van der Waals surface area contributed by atoms with Gasteiger partial charge in [-0.1, -0.05) is 24.3 Å². The summed E-state index contributed by atoms with van der Waals surface area (Å²) in [6.07, 6.45) is -0.446. The molecule has 1 N–H and O–H groups in total. The molecule has 0 radical (unpaired) electrons. The lowest BCUT2D eigenvalue weighted by molar-refractivity contribution is 0.199. The van der Waals surface area contributed by atoms with Crippen LogP contribution in [0.1, 0.15) is 29.7 Å². The Hall–Kier alpha value is -1.84. The fourth-order valence-corrected chi connectivity index (χ4v) is 3.34. The van der Waals surface area contributed by atoms with Gasteiger partial charge in [-0.25, -0.2) is 0 Å². The number of aliphatic hydroxyl groups excluding tert-OH is 1. The van der Waals surface area contributed by atoms with E-state index in [0.717, 1.165) is 16.9 Å². The maximum atomic E-state index is 9.60. The maximum Gasteiger partial charge on any atom is 0.122 e. The predicted molar refractivity (Wildman–Crippen MR) is 88.0 cm³/mol. The summed E-state index contributed by atoms with van der Waals surface area (Å²) in [7, 11) is 0. The third kappa shape index (κ3) is 2.94. The van der Waals surface area contributed by atoms with Crippen LogP contribution in [0.25, 0.3) is 10.1 Å². The van der Waals surface area contributed by atoms with Gasteiger partial charge >= 0.3 is 0 Å². The average Bonchev–Trinajstić information content (AvgIpc) is 2.89. The highest BCUT2D eigenvalue weighted by Gasteiger charge is 2.07. The molecule has 0 saturated carbocycles. The van der Waals surface area contributed by atoms with E-state index in [4.69, 9.17) is 4.74 Å². The molecule has 0 amide bonds. The number of rotatable bonds is 4. The van der Waals surface area contributed by atoms with Gasteiger partial charge < -0.3 is 9.84 Å². The van der Waals surface area contributed by atoms with Crippen molar-refractivity contribution in [3.05, 3.63) is 64.5 Å². The zero-order chi connectivity index (χ0) is 14.8. The molecule has 1 heterocycles. The van der Waals surface area contributed by atoms with E-state index in [2.05, 4.69) is 29.6 Å². The lowest BCUT2D eigenvalue weighted by Crippen LogP contribution is -1.98. The average molecular weight is 298 g/mol. The van der Waals surface area contributed by atoms with Gasteiger partial charge in [0.05, 0.1) is 6.10 Å². The summed E-state index contributed by atoms with van der Waals surface area (Å²) in [5, 5.41) is 13.0. The minimum Gasteiger partial charge on any atom is -0.489 e. The largest absolute Gasteiger partial charge is 0.489 e. The van der Waals surface area contributed by atoms with Crippen molar-refractivity contribution >= 4 is 21.4 Å². The Kier molecular flexibility index (Phi) is 3.95. The number of hydrogen-bond donors (Lipinski definition) is 1. The molecular weight excluding hydrogens is 280 g/mol. The standard InChI is InChI=1S/C18H18O2S/c1-12-9-14(13(2)19)7-8-17(12)20-10-15-11-21-18-6-4-3-5-16(15)18/h3-9,11,13,19H,10H2,1-2H3/t13-/m0/s1. The lowest BCUT2D eigenvalue weighted by atomic mass is 10.1. The van der Waals surface area contributed by atoms with Gasteiger partial charge in [0.2, 0.25) is 0 Å². The summed E-state index contributed by atoms with van der Waals surface area (Å²) < 4.78 is 7.24. The van der Waals surface area contributed by atoms with E-state index >= 15 is 0 Å². The Morgan fingerprint density at radius 3 is 2.76 bits per heavy atom. The van der Waals surface area contributed by atoms with Crippen LogP contribution in [-0.4, -0.2) is 5.11 Å². The van der Waals surface area contributed by atoms with Crippen molar-refractivity contribution in [1.29, 1.82) is 0 Å². The smallest absolute Gasteiger partial charge is 0.122 e. The number of ether oxygens (including phenoxy) is 1. The van der Waals surface area contributed by atoms with Crippen LogP contribution in [0.2, 0.25) is 0 Å². The van der Waals surface area contributed by atoms with E-state index in [-0.39, 0.29) is 0 Å². The van der Waals surface area contributed by atoms with Crippen LogP contribution in [0.3, 0.4) is 0 Å². The van der Waals surface area contributed by atoms with Gasteiger partial charge in [-0.15, -0.1) is 11.3 Å². The molecular formula is C18H18O2S. The Labute approximate surface area is 128 Å². The highest BCUT2D eigenvalue weighted by atomic mass is 32.1. The van der Waals surface area contributed by atoms with Crippen LogP contribution in [0.5, 0.6) is 5.75 Å². The zero-order valence-electron chi connectivity index (χ0n) is 12.2. The predicted octanol–water partition coefficient (Wildman–Crippen LogP) is 4.84. The first kappa shape index (κ1) is 14.1. The molecule has 108 valence electrons. The maximum absolute atomic E-state index is 9.60. The Morgan fingerprint density at radius 2 is 2.00 bits per heavy atom. The van der Waals surface area contributed by atoms with Crippen molar-refractivity contribution in [3.63, 3.8) is 0 Å². The van der Waals surface area contributed by atoms with Crippen LogP contribution in [-0.2, 0) is 6.61 Å². The second-order valence-electron chi connectivity index (χ2n) is 5.25. The fourth-order valence-electron chi connectivity index (χ4n) is 2.39. The third-order valence-corrected chi connectivity index (χ3v) is 4.64. The molecule has 1 aromatic heterocycles. The minimum atomic E-state index is -0.446. The third-order valence-electron chi connectivity index (χ3n) is 3.63. The summed E-state index contributed by atoms with van der Waals surface area (Å²) in [6, 6.07) is 14.2. The van der Waals surface area contributed by atoms with E-state index in [0.29, 0.717) is 6.61 Å². The van der Waals surface area contributed by atoms with Crippen LogP contribution in [0.15, 0.2) is 47.8 Å². The monoisotopic (exact) mass is 298 g/mol. The Morgan fingerprint density at radius 1 is 1.19 bits per heavy atom. The van der Waals surface area contributed by atoms with Gasteiger partial charge in [-0.3, -0.25) is 0 Å². The number of benzene rings is 2. The first-order valence-corrected chi connectivity index (χ1v) is 7.89. The van der Waals surface area contributed by atoms with Gasteiger partial charge in [0, 0.05) is 10.3 Å². The molecule has 3 aromatic rings. The Bertz CT molecular complexity index is 759. The van der Waals surface area contributed by atoms with E-state index in [1.165, 1.54) is 15.6 Å². The van der Waals surface area contributed by atoms with Crippen molar-refractivity contribution in [2.75, 3.05) is 0 Å². The highest BCUT2D eigenvalue weighted by Crippen LogP contribution is 2.28. The molecule has 0 bridgehead atoms. The van der Waals surface area contributed by atoms with Crippen LogP contribution in [0, 0.1) is 6.92 Å². The summed E-state index contributed by atoms with van der Waals surface area (Å²) in [6.45, 7) is 4.35. The fraction of sp³-hybridized carbons (Fsp3) is 0.222. The molecule has 0 fully saturated rings. The molecule has 0 saturated heterocycles. The van der Waals surface area contributed by atoms with Gasteiger partial charge in [-0.05, 0) is 53.9 Å². The van der Waals surface area contributed by atoms with E-state index < -0.39 is 6.10 Å². The molecule has 21 heavy (non-hydrogen) atoms. The van der Waals surface area contributed by atoms with Crippen molar-refractivity contribution < 1.29 is 9.84 Å². The number of hydrogen-bond acceptors (Lipinski definition) is 3. The molecule has 2 aromatic carbocycles. The molecule has 0 aliphatic rings. The summed E-state index contributed by atoms with van der Waals surface area (Å²) >= 11 is 1.75. The van der Waals surface area contributed by atoms with Gasteiger partial charge in [0.25, 0.3) is 0 Å². The number of aryl methyl sites for hydroxylation is 1. The first-order valence-electron chi connectivity index (χ1n) is 7.01. The molecule has 0 spiro atoms. The zero-order valence-corrected chi connectivity index (χ0v) is 13.0. The minimum absolute atomic E-state index is 0.446. The van der Waals surface area contributed by atoms with Crippen molar-refractivity contribution in [1.82, 2.24) is 0 Å². The van der Waals surface area contributed by atoms with Gasteiger partial charge in [0.1, 0.15) is 12.4 Å². The topological polar surface area (TPSA) is 29.5 Å². The first-order chi connectivity index (χ1) is 10.1. The normalized spacial score (nSPS) is 12.5. The number of thiophene rings is 1. The molecule has 3 heteroatoms. The molecule has 0 unspecified atom stereocenters. The summed E-state index contributed by atoms with van der Waals surface area (Å²) in [5.41, 5.74) is 3.18. The van der Waals surface area contributed by atoms with Crippen molar-refractivity contribution in [2.24, 2.45) is 0 Å². The molecule has 1 atom stereocenters. The van der Waals surface area contributed by atoms with Gasteiger partial charge in [-0.2, -0.15) is 0 Å². The van der Waals surface area contributed by atoms with E-state index in [1.54, 1.807) is 18.3 Å². The van der Waals surface area contributed by atoms with Crippen LogP contribution < -0.4 is 4.74 Å². The van der Waals surface area contributed by atoms with Crippen LogP contribution in [0.4, 0.5) is 0 Å². The quantitative estimate of drug-likeness (QED) is 0.746. The molecule has 0 aliphatic heterocycles. The Balaban J connectivity index is 1.79. The van der Waals surface area contributed by atoms with E-state index in [9.17, 15) is 5.11 Å². The molecule has 2 nitrogen and oxygen atoms in total. The van der Waals surface area contributed by atoms with Crippen molar-refractivity contribution in [3.8, 4) is 5.75 Å². The number of fused-ring (bicyclic) bond motifs is 1.